The standard InChI is InChI=1S/C10H17N3O5S2/c1-3-9(18-2)7-19(14,15)13-8-4-5-12-10(6-8)20(11,16)17/h4-6,9H,3,7H2,1-2H3,(H,12,13)(H2,11,16,17). The number of pyridine rings is 1. The van der Waals surface area contributed by atoms with Crippen molar-refractivity contribution in [1.82, 2.24) is 4.98 Å². The highest BCUT2D eigenvalue weighted by Crippen LogP contribution is 2.14. The number of ether oxygens (including phenoxy) is 1. The molecule has 114 valence electrons. The average Bonchev–Trinajstić information content (AvgIpc) is 2.34. The summed E-state index contributed by atoms with van der Waals surface area (Å²) in [5.74, 6) is -0.229. The highest BCUT2D eigenvalue weighted by Gasteiger charge is 2.18. The summed E-state index contributed by atoms with van der Waals surface area (Å²) in [6, 6.07) is 2.39. The number of aromatic nitrogens is 1. The number of rotatable bonds is 7. The van der Waals surface area contributed by atoms with Gasteiger partial charge in [-0.25, -0.2) is 27.0 Å². The highest BCUT2D eigenvalue weighted by molar-refractivity contribution is 7.92. The fraction of sp³-hybridized carbons (Fsp3) is 0.500. The molecule has 0 saturated heterocycles. The molecule has 0 bridgehead atoms. The molecule has 1 aromatic rings. The van der Waals surface area contributed by atoms with Gasteiger partial charge in [0.1, 0.15) is 0 Å². The summed E-state index contributed by atoms with van der Waals surface area (Å²) in [7, 11) is -6.22. The second-order valence-electron chi connectivity index (χ2n) is 4.08. The molecule has 0 radical (unpaired) electrons. The second-order valence-corrected chi connectivity index (χ2v) is 7.35. The first-order valence-electron chi connectivity index (χ1n) is 5.70. The topological polar surface area (TPSA) is 128 Å². The van der Waals surface area contributed by atoms with Gasteiger partial charge in [0.25, 0.3) is 10.0 Å². The van der Waals surface area contributed by atoms with E-state index >= 15 is 0 Å². The van der Waals surface area contributed by atoms with Gasteiger partial charge in [0, 0.05) is 19.4 Å². The zero-order chi connectivity index (χ0) is 15.4. The second kappa shape index (κ2) is 6.48. The number of sulfonamides is 2. The first-order valence-corrected chi connectivity index (χ1v) is 8.90. The van der Waals surface area contributed by atoms with Gasteiger partial charge >= 0.3 is 0 Å². The van der Waals surface area contributed by atoms with Crippen molar-refractivity contribution in [2.45, 2.75) is 24.5 Å². The molecule has 1 aromatic heterocycles. The van der Waals surface area contributed by atoms with Crippen molar-refractivity contribution >= 4 is 25.7 Å². The fourth-order valence-electron chi connectivity index (χ4n) is 1.45. The molecule has 1 unspecified atom stereocenters. The molecular weight excluding hydrogens is 306 g/mol. The van der Waals surface area contributed by atoms with E-state index in [0.29, 0.717) is 6.42 Å². The number of primary sulfonamides is 1. The number of methoxy groups -OCH3 is 1. The summed E-state index contributed by atoms with van der Waals surface area (Å²) in [4.78, 5) is 3.56. The molecule has 1 atom stereocenters. The maximum absolute atomic E-state index is 11.9. The third kappa shape index (κ3) is 5.04. The minimum Gasteiger partial charge on any atom is -0.380 e. The predicted molar refractivity (Wildman–Crippen MR) is 74.1 cm³/mol. The van der Waals surface area contributed by atoms with Gasteiger partial charge in [-0.3, -0.25) is 4.72 Å². The molecule has 0 aromatic carbocycles. The van der Waals surface area contributed by atoms with E-state index in [-0.39, 0.29) is 11.4 Å². The van der Waals surface area contributed by atoms with E-state index in [4.69, 9.17) is 9.88 Å². The zero-order valence-electron chi connectivity index (χ0n) is 11.1. The smallest absolute Gasteiger partial charge is 0.255 e. The van der Waals surface area contributed by atoms with Crippen molar-refractivity contribution in [3.8, 4) is 0 Å². The van der Waals surface area contributed by atoms with Crippen LogP contribution in [-0.4, -0.2) is 40.8 Å². The summed E-state index contributed by atoms with van der Waals surface area (Å²) in [6.07, 6.45) is 1.26. The molecule has 0 aliphatic carbocycles. The molecule has 0 aliphatic heterocycles. The maximum Gasteiger partial charge on any atom is 0.255 e. The Morgan fingerprint density at radius 1 is 1.40 bits per heavy atom. The van der Waals surface area contributed by atoms with Crippen LogP contribution in [0.5, 0.6) is 0 Å². The molecule has 1 heterocycles. The Morgan fingerprint density at radius 3 is 2.55 bits per heavy atom. The Bertz CT molecular complexity index is 653. The molecule has 0 amide bonds. The molecule has 0 spiro atoms. The van der Waals surface area contributed by atoms with Crippen molar-refractivity contribution in [2.24, 2.45) is 5.14 Å². The molecule has 10 heteroatoms. The number of nitrogens with one attached hydrogen (secondary N) is 1. The van der Waals surface area contributed by atoms with Crippen LogP contribution >= 0.6 is 0 Å². The van der Waals surface area contributed by atoms with Crippen LogP contribution in [-0.2, 0) is 24.8 Å². The fourth-order valence-corrected chi connectivity index (χ4v) is 3.38. The van der Waals surface area contributed by atoms with E-state index in [9.17, 15) is 16.8 Å². The third-order valence-electron chi connectivity index (χ3n) is 2.49. The largest absolute Gasteiger partial charge is 0.380 e. The Labute approximate surface area is 118 Å². The summed E-state index contributed by atoms with van der Waals surface area (Å²) in [6.45, 7) is 1.80. The van der Waals surface area contributed by atoms with Crippen LogP contribution in [0.1, 0.15) is 13.3 Å². The molecule has 1 rings (SSSR count). The maximum atomic E-state index is 11.9. The Balaban J connectivity index is 2.93. The summed E-state index contributed by atoms with van der Waals surface area (Å²) >= 11 is 0. The molecule has 0 fully saturated rings. The molecule has 0 saturated carbocycles. The van der Waals surface area contributed by atoms with Gasteiger partial charge in [-0.05, 0) is 12.5 Å². The summed E-state index contributed by atoms with van der Waals surface area (Å²) in [5.41, 5.74) is 0.0787. The lowest BCUT2D eigenvalue weighted by Crippen LogP contribution is -2.27. The Kier molecular flexibility index (Phi) is 5.45. The van der Waals surface area contributed by atoms with E-state index in [1.54, 1.807) is 6.92 Å². The minimum atomic E-state index is -3.98. The Hall–Kier alpha value is -1.23. The predicted octanol–water partition coefficient (Wildman–Crippen LogP) is -0.104. The van der Waals surface area contributed by atoms with Crippen LogP contribution in [0.3, 0.4) is 0 Å². The first kappa shape index (κ1) is 16.8. The van der Waals surface area contributed by atoms with Gasteiger partial charge in [-0.15, -0.1) is 0 Å². The Morgan fingerprint density at radius 2 is 2.05 bits per heavy atom. The number of nitrogens with two attached hydrogens (primary N) is 1. The van der Waals surface area contributed by atoms with E-state index < -0.39 is 31.2 Å². The summed E-state index contributed by atoms with van der Waals surface area (Å²) in [5, 5.41) is 4.52. The van der Waals surface area contributed by atoms with Crippen LogP contribution in [0, 0.1) is 0 Å². The number of hydrogen-bond donors (Lipinski definition) is 2. The quantitative estimate of drug-likeness (QED) is 0.720. The SMILES string of the molecule is CCC(CS(=O)(=O)Nc1ccnc(S(N)(=O)=O)c1)OC. The minimum absolute atomic E-state index is 0.0787. The van der Waals surface area contributed by atoms with Crippen molar-refractivity contribution < 1.29 is 21.6 Å². The average molecular weight is 323 g/mol. The number of hydrogen-bond acceptors (Lipinski definition) is 6. The summed E-state index contributed by atoms with van der Waals surface area (Å²) < 4.78 is 53.3. The normalized spacial score (nSPS) is 13.9. The monoisotopic (exact) mass is 323 g/mol. The molecule has 3 N–H and O–H groups in total. The van der Waals surface area contributed by atoms with Crippen LogP contribution < -0.4 is 9.86 Å². The third-order valence-corrected chi connectivity index (χ3v) is 4.66. The van der Waals surface area contributed by atoms with Gasteiger partial charge in [0.15, 0.2) is 5.03 Å². The lowest BCUT2D eigenvalue weighted by atomic mass is 10.3. The van der Waals surface area contributed by atoms with Crippen molar-refractivity contribution in [2.75, 3.05) is 17.6 Å². The van der Waals surface area contributed by atoms with Crippen molar-refractivity contribution in [3.05, 3.63) is 18.3 Å². The van der Waals surface area contributed by atoms with Gasteiger partial charge in [0.05, 0.1) is 17.5 Å². The number of nitrogens with zero attached hydrogens (tertiary/aromatic N) is 1. The van der Waals surface area contributed by atoms with Crippen molar-refractivity contribution in [1.29, 1.82) is 0 Å². The lowest BCUT2D eigenvalue weighted by Gasteiger charge is -2.14. The zero-order valence-corrected chi connectivity index (χ0v) is 12.7. The number of anilines is 1. The van der Waals surface area contributed by atoms with Gasteiger partial charge in [-0.2, -0.15) is 0 Å². The van der Waals surface area contributed by atoms with Crippen LogP contribution in [0.2, 0.25) is 0 Å². The molecular formula is C10H17N3O5S2. The van der Waals surface area contributed by atoms with Gasteiger partial charge < -0.3 is 4.74 Å². The van der Waals surface area contributed by atoms with Gasteiger partial charge in [-0.1, -0.05) is 6.92 Å². The van der Waals surface area contributed by atoms with E-state index in [1.807, 2.05) is 0 Å². The van der Waals surface area contributed by atoms with Crippen LogP contribution in [0.4, 0.5) is 5.69 Å². The van der Waals surface area contributed by atoms with Crippen molar-refractivity contribution in [3.63, 3.8) is 0 Å². The van der Waals surface area contributed by atoms with E-state index in [2.05, 4.69) is 9.71 Å². The first-order chi connectivity index (χ1) is 9.18. The highest BCUT2D eigenvalue weighted by atomic mass is 32.2. The lowest BCUT2D eigenvalue weighted by molar-refractivity contribution is 0.117. The molecule has 8 nitrogen and oxygen atoms in total. The van der Waals surface area contributed by atoms with Gasteiger partial charge in [0.2, 0.25) is 10.0 Å². The molecule has 20 heavy (non-hydrogen) atoms. The van der Waals surface area contributed by atoms with E-state index in [1.165, 1.54) is 13.2 Å². The van der Waals surface area contributed by atoms with E-state index in [0.717, 1.165) is 12.3 Å². The van der Waals surface area contributed by atoms with Crippen LogP contribution in [0.25, 0.3) is 0 Å². The van der Waals surface area contributed by atoms with Crippen LogP contribution in [0.15, 0.2) is 23.4 Å². The molecule has 0 aliphatic rings.